The summed E-state index contributed by atoms with van der Waals surface area (Å²) >= 11 is 2.17. The lowest BCUT2D eigenvalue weighted by molar-refractivity contribution is 1.06. The highest BCUT2D eigenvalue weighted by Gasteiger charge is 2.01. The van der Waals surface area contributed by atoms with Crippen LogP contribution in [0.25, 0.3) is 11.0 Å². The van der Waals surface area contributed by atoms with E-state index in [4.69, 9.17) is 0 Å². The van der Waals surface area contributed by atoms with Gasteiger partial charge in [0.05, 0.1) is 5.52 Å². The van der Waals surface area contributed by atoms with Crippen LogP contribution in [0.5, 0.6) is 0 Å². The highest BCUT2D eigenvalue weighted by atomic mass is 127. The van der Waals surface area contributed by atoms with E-state index in [0.717, 1.165) is 20.6 Å². The van der Waals surface area contributed by atoms with E-state index in [9.17, 15) is 0 Å². The molecular formula is C8H6IN3. The molecular weight excluding hydrogens is 265 g/mol. The molecule has 0 aliphatic rings. The molecule has 0 radical (unpaired) electrons. The fourth-order valence-corrected chi connectivity index (χ4v) is 1.80. The van der Waals surface area contributed by atoms with Crippen molar-refractivity contribution in [3.8, 4) is 0 Å². The van der Waals surface area contributed by atoms with E-state index in [1.54, 1.807) is 6.20 Å². The molecule has 0 aliphatic carbocycles. The summed E-state index contributed by atoms with van der Waals surface area (Å²) < 4.78 is 0.913. The second-order valence-electron chi connectivity index (χ2n) is 2.43. The molecule has 60 valence electrons. The number of halogens is 1. The van der Waals surface area contributed by atoms with Crippen molar-refractivity contribution in [1.29, 1.82) is 0 Å². The molecule has 0 atom stereocenters. The Kier molecular flexibility index (Phi) is 1.92. The smallest absolute Gasteiger partial charge is 0.131 e. The van der Waals surface area contributed by atoms with Crippen LogP contribution in [0.1, 0.15) is 5.82 Å². The predicted molar refractivity (Wildman–Crippen MR) is 54.8 cm³/mol. The second kappa shape index (κ2) is 2.93. The van der Waals surface area contributed by atoms with Gasteiger partial charge in [-0.05, 0) is 41.6 Å². The monoisotopic (exact) mass is 271 g/mol. The van der Waals surface area contributed by atoms with E-state index >= 15 is 0 Å². The second-order valence-corrected chi connectivity index (χ2v) is 3.45. The number of fused-ring (bicyclic) bond motifs is 1. The summed E-state index contributed by atoms with van der Waals surface area (Å²) in [5.41, 5.74) is 1.79. The van der Waals surface area contributed by atoms with Crippen molar-refractivity contribution in [3.05, 3.63) is 27.9 Å². The number of aromatic nitrogens is 3. The van der Waals surface area contributed by atoms with Crippen molar-refractivity contribution in [2.45, 2.75) is 6.92 Å². The third-order valence-electron chi connectivity index (χ3n) is 1.52. The van der Waals surface area contributed by atoms with Crippen LogP contribution in [0.2, 0.25) is 0 Å². The molecule has 0 fully saturated rings. The molecule has 3 nitrogen and oxygen atoms in total. The summed E-state index contributed by atoms with van der Waals surface area (Å²) in [5, 5.41) is 0. The van der Waals surface area contributed by atoms with Gasteiger partial charge in [0, 0.05) is 6.20 Å². The first kappa shape index (κ1) is 7.85. The van der Waals surface area contributed by atoms with E-state index < -0.39 is 0 Å². The zero-order valence-electron chi connectivity index (χ0n) is 6.45. The molecule has 0 unspecified atom stereocenters. The largest absolute Gasteiger partial charge is 0.252 e. The number of nitrogens with zero attached hydrogens (tertiary/aromatic N) is 3. The van der Waals surface area contributed by atoms with Crippen LogP contribution in [-0.2, 0) is 0 Å². The van der Waals surface area contributed by atoms with Gasteiger partial charge in [-0.15, -0.1) is 0 Å². The van der Waals surface area contributed by atoms with Crippen LogP contribution in [0.4, 0.5) is 0 Å². The van der Waals surface area contributed by atoms with Crippen LogP contribution < -0.4 is 0 Å². The Morgan fingerprint density at radius 2 is 2.17 bits per heavy atom. The lowest BCUT2D eigenvalue weighted by atomic mass is 10.4. The van der Waals surface area contributed by atoms with Crippen molar-refractivity contribution in [2.75, 3.05) is 0 Å². The van der Waals surface area contributed by atoms with Crippen LogP contribution >= 0.6 is 22.6 Å². The third kappa shape index (κ3) is 1.26. The first-order chi connectivity index (χ1) is 5.77. The first-order valence-corrected chi connectivity index (χ1v) is 4.60. The van der Waals surface area contributed by atoms with Gasteiger partial charge in [0.1, 0.15) is 15.0 Å². The zero-order chi connectivity index (χ0) is 8.55. The van der Waals surface area contributed by atoms with E-state index in [0.29, 0.717) is 0 Å². The minimum Gasteiger partial charge on any atom is -0.252 e. The van der Waals surface area contributed by atoms with E-state index in [1.807, 2.05) is 19.1 Å². The average Bonchev–Trinajstić information content (AvgIpc) is 2.04. The number of aryl methyl sites for hydroxylation is 1. The lowest BCUT2D eigenvalue weighted by Gasteiger charge is -1.98. The molecule has 0 saturated heterocycles. The van der Waals surface area contributed by atoms with Crippen molar-refractivity contribution in [3.63, 3.8) is 0 Å². The van der Waals surface area contributed by atoms with Gasteiger partial charge < -0.3 is 0 Å². The molecule has 0 aliphatic heterocycles. The van der Waals surface area contributed by atoms with E-state index in [2.05, 4.69) is 37.5 Å². The molecule has 12 heavy (non-hydrogen) atoms. The summed E-state index contributed by atoms with van der Waals surface area (Å²) in [6.07, 6.45) is 1.75. The molecule has 0 amide bonds. The molecule has 2 heterocycles. The summed E-state index contributed by atoms with van der Waals surface area (Å²) in [6, 6.07) is 3.82. The minimum absolute atomic E-state index is 0.792. The van der Waals surface area contributed by atoms with Crippen LogP contribution in [0, 0.1) is 10.6 Å². The topological polar surface area (TPSA) is 38.7 Å². The fraction of sp³-hybridized carbons (Fsp3) is 0.125. The standard InChI is InChI=1S/C8H6IN3/c1-5-11-6-3-2-4-10-7(6)8(9)12-5/h2-4H,1H3. The van der Waals surface area contributed by atoms with E-state index in [-0.39, 0.29) is 0 Å². The number of hydrogen-bond acceptors (Lipinski definition) is 3. The summed E-state index contributed by atoms with van der Waals surface area (Å²) in [5.74, 6) is 0.792. The van der Waals surface area contributed by atoms with Gasteiger partial charge in [0.15, 0.2) is 0 Å². The van der Waals surface area contributed by atoms with Crippen molar-refractivity contribution in [2.24, 2.45) is 0 Å². The Balaban J connectivity index is 2.89. The summed E-state index contributed by atoms with van der Waals surface area (Å²) in [7, 11) is 0. The molecule has 2 aromatic heterocycles. The van der Waals surface area contributed by atoms with Crippen molar-refractivity contribution >= 4 is 33.6 Å². The molecule has 0 spiro atoms. The van der Waals surface area contributed by atoms with Gasteiger partial charge in [-0.2, -0.15) is 0 Å². The summed E-state index contributed by atoms with van der Waals surface area (Å²) in [6.45, 7) is 1.88. The maximum absolute atomic E-state index is 4.26. The van der Waals surface area contributed by atoms with Crippen molar-refractivity contribution in [1.82, 2.24) is 15.0 Å². The summed E-state index contributed by atoms with van der Waals surface area (Å²) in [4.78, 5) is 12.7. The average molecular weight is 271 g/mol. The molecule has 2 rings (SSSR count). The van der Waals surface area contributed by atoms with Crippen molar-refractivity contribution < 1.29 is 0 Å². The van der Waals surface area contributed by atoms with Crippen LogP contribution in [0.3, 0.4) is 0 Å². The molecule has 2 aromatic rings. The highest BCUT2D eigenvalue weighted by Crippen LogP contribution is 2.13. The van der Waals surface area contributed by atoms with Gasteiger partial charge >= 0.3 is 0 Å². The molecule has 0 N–H and O–H groups in total. The SMILES string of the molecule is Cc1nc(I)c2ncccc2n1. The number of pyridine rings is 1. The van der Waals surface area contributed by atoms with Crippen LogP contribution in [0.15, 0.2) is 18.3 Å². The molecule has 4 heteroatoms. The molecule has 0 aromatic carbocycles. The maximum Gasteiger partial charge on any atom is 0.131 e. The highest BCUT2D eigenvalue weighted by molar-refractivity contribution is 14.1. The Morgan fingerprint density at radius 1 is 1.33 bits per heavy atom. The van der Waals surface area contributed by atoms with Gasteiger partial charge in [-0.1, -0.05) is 0 Å². The number of rotatable bonds is 0. The fourth-order valence-electron chi connectivity index (χ4n) is 1.04. The normalized spacial score (nSPS) is 10.5. The Labute approximate surface area is 83.4 Å². The quantitative estimate of drug-likeness (QED) is 0.543. The van der Waals surface area contributed by atoms with Gasteiger partial charge in [0.2, 0.25) is 0 Å². The Morgan fingerprint density at radius 3 is 3.00 bits per heavy atom. The van der Waals surface area contributed by atoms with Gasteiger partial charge in [-0.25, -0.2) is 9.97 Å². The van der Waals surface area contributed by atoms with Crippen LogP contribution in [-0.4, -0.2) is 15.0 Å². The van der Waals surface area contributed by atoms with E-state index in [1.165, 1.54) is 0 Å². The molecule has 0 bridgehead atoms. The van der Waals surface area contributed by atoms with Gasteiger partial charge in [0.25, 0.3) is 0 Å². The Bertz CT molecular complexity index is 428. The predicted octanol–water partition coefficient (Wildman–Crippen LogP) is 1.94. The Hall–Kier alpha value is -0.780. The lowest BCUT2D eigenvalue weighted by Crippen LogP contribution is -1.94. The molecule has 0 saturated carbocycles. The zero-order valence-corrected chi connectivity index (χ0v) is 8.61. The first-order valence-electron chi connectivity index (χ1n) is 3.52. The van der Waals surface area contributed by atoms with Gasteiger partial charge in [-0.3, -0.25) is 4.98 Å². The minimum atomic E-state index is 0.792. The number of hydrogen-bond donors (Lipinski definition) is 0. The maximum atomic E-state index is 4.26. The third-order valence-corrected chi connectivity index (χ3v) is 2.28.